The number of nitrogens with two attached hydrogens (primary N) is 1. The van der Waals surface area contributed by atoms with Gasteiger partial charge in [0.2, 0.25) is 11.8 Å². The number of thioether (sulfide) groups is 1. The summed E-state index contributed by atoms with van der Waals surface area (Å²) in [7, 11) is 0. The second-order valence-corrected chi connectivity index (χ2v) is 8.14. The van der Waals surface area contributed by atoms with Crippen molar-refractivity contribution in [2.24, 2.45) is 11.7 Å². The number of hydrogen-bond donors (Lipinski definition) is 5. The van der Waals surface area contributed by atoms with Gasteiger partial charge in [-0.25, -0.2) is 4.79 Å². The summed E-state index contributed by atoms with van der Waals surface area (Å²) in [5, 5.41) is 14.8. The van der Waals surface area contributed by atoms with Gasteiger partial charge in [-0.2, -0.15) is 24.4 Å². The van der Waals surface area contributed by atoms with Crippen molar-refractivity contribution in [1.82, 2.24) is 10.6 Å². The Bertz CT molecular complexity index is 646. The number of rotatable bonds is 14. The monoisotopic (exact) mass is 441 g/mol. The highest BCUT2D eigenvalue weighted by Gasteiger charge is 2.25. The van der Waals surface area contributed by atoms with Gasteiger partial charge in [-0.3, -0.25) is 9.59 Å². The number of benzene rings is 1. The highest BCUT2D eigenvalue weighted by Crippen LogP contribution is 2.15. The molecule has 1 aromatic rings. The standard InChI is InChI=1S/C20H31N3O4S2/c1-29-11-9-17(20(26)27)23-18(24)15(12-14-6-3-2-4-7-14)8-5-10-22-19(25)16(21)13-28/h2-4,6-7,15-17,28H,5,8-13,21H2,1H3,(H,22,25)(H,23,24)(H,26,27)/t15?,16-,17-/m0/s1. The average molecular weight is 442 g/mol. The third kappa shape index (κ3) is 10.0. The SMILES string of the molecule is CSCC[C@H](NC(=O)C(CCCNC(=O)[C@@H](N)CS)Cc1ccccc1)C(=O)O. The van der Waals surface area contributed by atoms with E-state index in [0.717, 1.165) is 5.56 Å². The first-order valence-corrected chi connectivity index (χ1v) is 11.6. The maximum Gasteiger partial charge on any atom is 0.326 e. The van der Waals surface area contributed by atoms with Crippen LogP contribution in [-0.4, -0.2) is 59.3 Å². The van der Waals surface area contributed by atoms with Crippen LogP contribution in [0.1, 0.15) is 24.8 Å². The number of carbonyl (C=O) groups excluding carboxylic acids is 2. The van der Waals surface area contributed by atoms with Gasteiger partial charge in [0.05, 0.1) is 6.04 Å². The number of nitrogens with one attached hydrogen (secondary N) is 2. The summed E-state index contributed by atoms with van der Waals surface area (Å²) in [6.45, 7) is 0.397. The summed E-state index contributed by atoms with van der Waals surface area (Å²) in [6.07, 6.45) is 3.88. The van der Waals surface area contributed by atoms with Crippen LogP contribution in [0, 0.1) is 5.92 Å². The van der Waals surface area contributed by atoms with E-state index in [1.54, 1.807) is 0 Å². The number of aliphatic carboxylic acids is 1. The molecule has 3 atom stereocenters. The molecule has 0 aliphatic rings. The smallest absolute Gasteiger partial charge is 0.326 e. The molecule has 9 heteroatoms. The molecule has 1 unspecified atom stereocenters. The zero-order valence-corrected chi connectivity index (χ0v) is 18.4. The number of hydrogen-bond acceptors (Lipinski definition) is 6. The van der Waals surface area contributed by atoms with Gasteiger partial charge in [-0.15, -0.1) is 0 Å². The summed E-state index contributed by atoms with van der Waals surface area (Å²) < 4.78 is 0. The molecule has 0 aliphatic carbocycles. The molecule has 7 nitrogen and oxygen atoms in total. The van der Waals surface area contributed by atoms with Gasteiger partial charge in [0, 0.05) is 18.2 Å². The van der Waals surface area contributed by atoms with Crippen molar-refractivity contribution in [3.05, 3.63) is 35.9 Å². The Morgan fingerprint density at radius 1 is 1.17 bits per heavy atom. The Balaban J connectivity index is 2.70. The minimum atomic E-state index is -1.03. The van der Waals surface area contributed by atoms with Crippen LogP contribution in [0.5, 0.6) is 0 Å². The topological polar surface area (TPSA) is 122 Å². The van der Waals surface area contributed by atoms with Crippen LogP contribution in [0.25, 0.3) is 0 Å². The average Bonchev–Trinajstić information content (AvgIpc) is 2.72. The first-order valence-electron chi connectivity index (χ1n) is 9.59. The number of carbonyl (C=O) groups is 3. The molecular formula is C20H31N3O4S2. The molecule has 29 heavy (non-hydrogen) atoms. The fourth-order valence-corrected chi connectivity index (χ4v) is 3.42. The third-order valence-corrected chi connectivity index (χ3v) is 5.52. The molecule has 0 radical (unpaired) electrons. The van der Waals surface area contributed by atoms with Crippen molar-refractivity contribution in [3.63, 3.8) is 0 Å². The lowest BCUT2D eigenvalue weighted by atomic mass is 9.93. The molecule has 2 amide bonds. The van der Waals surface area contributed by atoms with Crippen LogP contribution in [0.2, 0.25) is 0 Å². The van der Waals surface area contributed by atoms with Crippen molar-refractivity contribution in [3.8, 4) is 0 Å². The molecule has 1 rings (SSSR count). The van der Waals surface area contributed by atoms with Crippen molar-refractivity contribution < 1.29 is 19.5 Å². The number of thiol groups is 1. The lowest BCUT2D eigenvalue weighted by molar-refractivity contribution is -0.142. The van der Waals surface area contributed by atoms with Crippen molar-refractivity contribution >= 4 is 42.2 Å². The predicted molar refractivity (Wildman–Crippen MR) is 120 cm³/mol. The molecule has 0 bridgehead atoms. The quantitative estimate of drug-likeness (QED) is 0.219. The van der Waals surface area contributed by atoms with Crippen LogP contribution in [-0.2, 0) is 20.8 Å². The van der Waals surface area contributed by atoms with E-state index in [2.05, 4.69) is 23.3 Å². The Kier molecular flexibility index (Phi) is 12.5. The molecule has 0 aromatic heterocycles. The van der Waals surface area contributed by atoms with Crippen molar-refractivity contribution in [2.75, 3.05) is 24.3 Å². The van der Waals surface area contributed by atoms with E-state index in [1.165, 1.54) is 11.8 Å². The van der Waals surface area contributed by atoms with E-state index in [-0.39, 0.29) is 23.5 Å². The molecule has 0 fully saturated rings. The van der Waals surface area contributed by atoms with Crippen molar-refractivity contribution in [1.29, 1.82) is 0 Å². The van der Waals surface area contributed by atoms with Crippen LogP contribution in [0.4, 0.5) is 0 Å². The van der Waals surface area contributed by atoms with Gasteiger partial charge < -0.3 is 21.5 Å². The number of carboxylic acid groups (broad SMARTS) is 1. The molecule has 0 heterocycles. The van der Waals surface area contributed by atoms with Crippen molar-refractivity contribution in [2.45, 2.75) is 37.8 Å². The molecule has 162 valence electrons. The van der Waals surface area contributed by atoms with E-state index in [0.29, 0.717) is 38.0 Å². The van der Waals surface area contributed by atoms with E-state index < -0.39 is 18.1 Å². The summed E-state index contributed by atoms with van der Waals surface area (Å²) in [5.74, 6) is -1.05. The highest BCUT2D eigenvalue weighted by atomic mass is 32.2. The Labute approximate surface area is 182 Å². The Morgan fingerprint density at radius 3 is 2.45 bits per heavy atom. The van der Waals surface area contributed by atoms with Gasteiger partial charge in [0.25, 0.3) is 0 Å². The van der Waals surface area contributed by atoms with E-state index >= 15 is 0 Å². The van der Waals surface area contributed by atoms with Gasteiger partial charge >= 0.3 is 5.97 Å². The zero-order valence-electron chi connectivity index (χ0n) is 16.7. The molecule has 0 saturated heterocycles. The number of carboxylic acids is 1. The van der Waals surface area contributed by atoms with Gasteiger partial charge in [-0.1, -0.05) is 30.3 Å². The maximum absolute atomic E-state index is 12.8. The van der Waals surface area contributed by atoms with E-state index in [1.807, 2.05) is 36.6 Å². The first kappa shape index (κ1) is 25.3. The Hall–Kier alpha value is -1.71. The number of amides is 2. The van der Waals surface area contributed by atoms with Crippen LogP contribution in [0.15, 0.2) is 30.3 Å². The van der Waals surface area contributed by atoms with Gasteiger partial charge in [0.1, 0.15) is 6.04 Å². The highest BCUT2D eigenvalue weighted by molar-refractivity contribution is 7.98. The lowest BCUT2D eigenvalue weighted by Gasteiger charge is -2.21. The molecule has 0 saturated carbocycles. The van der Waals surface area contributed by atoms with E-state index in [4.69, 9.17) is 5.73 Å². The second-order valence-electron chi connectivity index (χ2n) is 6.79. The summed E-state index contributed by atoms with van der Waals surface area (Å²) in [6, 6.07) is 8.04. The molecule has 0 spiro atoms. The van der Waals surface area contributed by atoms with Gasteiger partial charge in [0.15, 0.2) is 0 Å². The fourth-order valence-electron chi connectivity index (χ4n) is 2.78. The lowest BCUT2D eigenvalue weighted by Crippen LogP contribution is -2.45. The molecule has 0 aliphatic heterocycles. The third-order valence-electron chi connectivity index (χ3n) is 4.48. The first-order chi connectivity index (χ1) is 13.9. The van der Waals surface area contributed by atoms with Crippen LogP contribution in [0.3, 0.4) is 0 Å². The fraction of sp³-hybridized carbons (Fsp3) is 0.550. The Morgan fingerprint density at radius 2 is 1.86 bits per heavy atom. The summed E-state index contributed by atoms with van der Waals surface area (Å²) in [5.41, 5.74) is 6.63. The molecule has 1 aromatic carbocycles. The minimum Gasteiger partial charge on any atom is -0.480 e. The largest absolute Gasteiger partial charge is 0.480 e. The predicted octanol–water partition coefficient (Wildman–Crippen LogP) is 1.32. The molecule has 5 N–H and O–H groups in total. The molecular weight excluding hydrogens is 410 g/mol. The zero-order chi connectivity index (χ0) is 21.6. The second kappa shape index (κ2) is 14.3. The normalized spacial score (nSPS) is 13.9. The van der Waals surface area contributed by atoms with Crippen LogP contribution < -0.4 is 16.4 Å². The van der Waals surface area contributed by atoms with Gasteiger partial charge in [-0.05, 0) is 43.3 Å². The van der Waals surface area contributed by atoms with E-state index in [9.17, 15) is 19.5 Å². The summed E-state index contributed by atoms with van der Waals surface area (Å²) in [4.78, 5) is 36.0. The van der Waals surface area contributed by atoms with Crippen LogP contribution >= 0.6 is 24.4 Å². The summed E-state index contributed by atoms with van der Waals surface area (Å²) >= 11 is 5.54. The maximum atomic E-state index is 12.8. The minimum absolute atomic E-state index is 0.261.